The first-order valence-corrected chi connectivity index (χ1v) is 10.6. The molecule has 0 bridgehead atoms. The summed E-state index contributed by atoms with van der Waals surface area (Å²) < 4.78 is 17.3. The Morgan fingerprint density at radius 2 is 1.82 bits per heavy atom. The predicted molar refractivity (Wildman–Crippen MR) is 115 cm³/mol. The van der Waals surface area contributed by atoms with Crippen molar-refractivity contribution in [2.75, 3.05) is 25.0 Å². The monoisotopic (exact) mass is 447 g/mol. The normalized spacial score (nSPS) is 11.7. The molecule has 0 atom stereocenters. The first-order chi connectivity index (χ1) is 13.4. The van der Waals surface area contributed by atoms with E-state index in [0.29, 0.717) is 19.7 Å². The number of nitrogens with zero attached hydrogens (tertiary/aromatic N) is 1. The summed E-state index contributed by atoms with van der Waals surface area (Å²) in [6.07, 6.45) is 0.542. The zero-order valence-corrected chi connectivity index (χ0v) is 18.1. The molecule has 1 heterocycles. The van der Waals surface area contributed by atoms with E-state index in [4.69, 9.17) is 13.9 Å². The molecule has 6 heteroatoms. The van der Waals surface area contributed by atoms with E-state index in [1.54, 1.807) is 4.90 Å². The fourth-order valence-electron chi connectivity index (χ4n) is 2.94. The highest BCUT2D eigenvalue weighted by Crippen LogP contribution is 2.31. The molecule has 0 aliphatic heterocycles. The second kappa shape index (κ2) is 8.86. The number of carbonyl (C=O) groups excluding carboxylic acids is 1. The molecule has 0 saturated carbocycles. The second-order valence-electron chi connectivity index (χ2n) is 7.61. The number of furan rings is 1. The van der Waals surface area contributed by atoms with Gasteiger partial charge in [0, 0.05) is 22.6 Å². The Morgan fingerprint density at radius 1 is 1.07 bits per heavy atom. The van der Waals surface area contributed by atoms with Crippen molar-refractivity contribution >= 4 is 44.0 Å². The molecule has 5 nitrogen and oxygen atoms in total. The van der Waals surface area contributed by atoms with E-state index >= 15 is 0 Å². The fraction of sp³-hybridized carbons (Fsp3) is 0.409. The van der Waals surface area contributed by atoms with Crippen molar-refractivity contribution < 1.29 is 18.7 Å². The number of para-hydroxylation sites is 1. The Labute approximate surface area is 173 Å². The number of ether oxygens (including phenoxy) is 2. The molecule has 0 aliphatic rings. The maximum Gasteiger partial charge on any atom is 0.410 e. The third kappa shape index (κ3) is 5.19. The molecule has 0 N–H and O–H groups in total. The first kappa shape index (κ1) is 20.5. The number of alkyl halides is 1. The minimum absolute atomic E-state index is 0.312. The van der Waals surface area contributed by atoms with E-state index in [-0.39, 0.29) is 6.09 Å². The Kier molecular flexibility index (Phi) is 6.50. The van der Waals surface area contributed by atoms with Crippen molar-refractivity contribution in [2.45, 2.75) is 32.8 Å². The molecule has 28 heavy (non-hydrogen) atoms. The number of benzene rings is 2. The van der Waals surface area contributed by atoms with Gasteiger partial charge in [0.1, 0.15) is 29.1 Å². The molecule has 2 aromatic carbocycles. The van der Waals surface area contributed by atoms with Crippen molar-refractivity contribution in [3.8, 4) is 5.75 Å². The van der Waals surface area contributed by atoms with Gasteiger partial charge in [0.25, 0.3) is 0 Å². The van der Waals surface area contributed by atoms with Crippen molar-refractivity contribution in [2.24, 2.45) is 0 Å². The number of hydrogen-bond donors (Lipinski definition) is 0. The van der Waals surface area contributed by atoms with E-state index in [2.05, 4.69) is 15.9 Å². The van der Waals surface area contributed by atoms with Crippen LogP contribution in [0.15, 0.2) is 46.9 Å². The van der Waals surface area contributed by atoms with Crippen molar-refractivity contribution in [3.05, 3.63) is 42.5 Å². The lowest BCUT2D eigenvalue weighted by molar-refractivity contribution is 0.0227. The molecule has 0 radical (unpaired) electrons. The smallest absolute Gasteiger partial charge is 0.410 e. The molecular formula is C22H26BrNO4. The Balaban J connectivity index is 1.66. The van der Waals surface area contributed by atoms with Gasteiger partial charge in [-0.15, -0.1) is 0 Å². The van der Waals surface area contributed by atoms with Crippen LogP contribution in [0.2, 0.25) is 0 Å². The van der Waals surface area contributed by atoms with Crippen LogP contribution < -0.4 is 4.74 Å². The van der Waals surface area contributed by atoms with Gasteiger partial charge in [0.05, 0.1) is 6.54 Å². The molecular weight excluding hydrogens is 422 g/mol. The molecule has 0 aliphatic carbocycles. The Morgan fingerprint density at radius 3 is 2.57 bits per heavy atom. The van der Waals surface area contributed by atoms with Crippen LogP contribution in [0, 0.1) is 0 Å². The fourth-order valence-corrected chi connectivity index (χ4v) is 3.19. The molecule has 3 rings (SSSR count). The Hall–Kier alpha value is -2.21. The van der Waals surface area contributed by atoms with Gasteiger partial charge in [-0.25, -0.2) is 4.79 Å². The molecule has 1 amide bonds. The van der Waals surface area contributed by atoms with Gasteiger partial charge in [-0.3, -0.25) is 0 Å². The maximum absolute atomic E-state index is 12.4. The SMILES string of the molecule is CC(C)(C)OC(=O)N(CCCBr)CCOc1ccc2oc3ccccc3c2c1. The summed E-state index contributed by atoms with van der Waals surface area (Å²) in [5, 5.41) is 2.92. The van der Waals surface area contributed by atoms with Crippen LogP contribution in [-0.2, 0) is 4.74 Å². The first-order valence-electron chi connectivity index (χ1n) is 9.45. The summed E-state index contributed by atoms with van der Waals surface area (Å²) >= 11 is 3.41. The highest BCUT2D eigenvalue weighted by molar-refractivity contribution is 9.09. The highest BCUT2D eigenvalue weighted by atomic mass is 79.9. The van der Waals surface area contributed by atoms with Crippen molar-refractivity contribution in [1.82, 2.24) is 4.90 Å². The van der Waals surface area contributed by atoms with Crippen molar-refractivity contribution in [3.63, 3.8) is 0 Å². The van der Waals surface area contributed by atoms with Crippen LogP contribution in [0.1, 0.15) is 27.2 Å². The average molecular weight is 448 g/mol. The van der Waals surface area contributed by atoms with Crippen LogP contribution in [0.25, 0.3) is 21.9 Å². The minimum Gasteiger partial charge on any atom is -0.492 e. The average Bonchev–Trinajstić information content (AvgIpc) is 3.01. The molecule has 0 fully saturated rings. The van der Waals surface area contributed by atoms with Crippen LogP contribution >= 0.6 is 15.9 Å². The third-order valence-electron chi connectivity index (χ3n) is 4.19. The number of halogens is 1. The number of rotatable bonds is 7. The van der Waals surface area contributed by atoms with Gasteiger partial charge in [0.15, 0.2) is 0 Å². The van der Waals surface area contributed by atoms with Gasteiger partial charge in [0.2, 0.25) is 0 Å². The summed E-state index contributed by atoms with van der Waals surface area (Å²) in [4.78, 5) is 14.1. The molecule has 150 valence electrons. The van der Waals surface area contributed by atoms with Crippen molar-refractivity contribution in [1.29, 1.82) is 0 Å². The minimum atomic E-state index is -0.516. The third-order valence-corrected chi connectivity index (χ3v) is 4.75. The zero-order chi connectivity index (χ0) is 20.1. The molecule has 0 unspecified atom stereocenters. The highest BCUT2D eigenvalue weighted by Gasteiger charge is 2.21. The second-order valence-corrected chi connectivity index (χ2v) is 8.41. The van der Waals surface area contributed by atoms with E-state index in [9.17, 15) is 4.79 Å². The topological polar surface area (TPSA) is 51.9 Å². The van der Waals surface area contributed by atoms with Gasteiger partial charge in [-0.1, -0.05) is 34.1 Å². The summed E-state index contributed by atoms with van der Waals surface area (Å²) in [7, 11) is 0. The van der Waals surface area contributed by atoms with Crippen LogP contribution in [0.3, 0.4) is 0 Å². The van der Waals surface area contributed by atoms with E-state index in [0.717, 1.165) is 39.4 Å². The largest absolute Gasteiger partial charge is 0.492 e. The van der Waals surface area contributed by atoms with Gasteiger partial charge in [-0.05, 0) is 51.5 Å². The molecule has 0 saturated heterocycles. The van der Waals surface area contributed by atoms with Gasteiger partial charge in [-0.2, -0.15) is 0 Å². The lowest BCUT2D eigenvalue weighted by Crippen LogP contribution is -2.39. The molecule has 1 aromatic heterocycles. The number of carbonyl (C=O) groups is 1. The summed E-state index contributed by atoms with van der Waals surface area (Å²) in [6, 6.07) is 13.7. The summed E-state index contributed by atoms with van der Waals surface area (Å²) in [5.41, 5.74) is 1.18. The number of amides is 1. The Bertz CT molecular complexity index is 945. The molecule has 3 aromatic rings. The van der Waals surface area contributed by atoms with E-state index in [1.165, 1.54) is 0 Å². The predicted octanol–water partition coefficient (Wildman–Crippen LogP) is 5.99. The standard InChI is InChI=1S/C22H26BrNO4/c1-22(2,3)28-21(25)24(12-6-11-23)13-14-26-16-9-10-20-18(15-16)17-7-4-5-8-19(17)27-20/h4-5,7-10,15H,6,11-14H2,1-3H3. The lowest BCUT2D eigenvalue weighted by atomic mass is 10.1. The van der Waals surface area contributed by atoms with Crippen LogP contribution in [-0.4, -0.2) is 41.6 Å². The summed E-state index contributed by atoms with van der Waals surface area (Å²) in [6.45, 7) is 7.08. The molecule has 0 spiro atoms. The summed E-state index contributed by atoms with van der Waals surface area (Å²) in [5.74, 6) is 0.753. The van der Waals surface area contributed by atoms with Crippen LogP contribution in [0.4, 0.5) is 4.79 Å². The quantitative estimate of drug-likeness (QED) is 0.417. The van der Waals surface area contributed by atoms with Gasteiger partial charge >= 0.3 is 6.09 Å². The van der Waals surface area contributed by atoms with Crippen LogP contribution in [0.5, 0.6) is 5.75 Å². The van der Waals surface area contributed by atoms with E-state index in [1.807, 2.05) is 63.2 Å². The lowest BCUT2D eigenvalue weighted by Gasteiger charge is -2.27. The number of hydrogen-bond acceptors (Lipinski definition) is 4. The maximum atomic E-state index is 12.4. The zero-order valence-electron chi connectivity index (χ0n) is 16.5. The van der Waals surface area contributed by atoms with E-state index < -0.39 is 5.60 Å². The number of fused-ring (bicyclic) bond motifs is 3. The van der Waals surface area contributed by atoms with Gasteiger partial charge < -0.3 is 18.8 Å².